The van der Waals surface area contributed by atoms with Crippen LogP contribution in [0.3, 0.4) is 0 Å². The third-order valence-corrected chi connectivity index (χ3v) is 5.49. The highest BCUT2D eigenvalue weighted by Gasteiger charge is 2.31. The van der Waals surface area contributed by atoms with Crippen molar-refractivity contribution < 1.29 is 18.7 Å². The minimum absolute atomic E-state index is 0.106. The quantitative estimate of drug-likeness (QED) is 0.282. The Bertz CT molecular complexity index is 1290. The molecule has 0 aliphatic carbocycles. The van der Waals surface area contributed by atoms with Crippen molar-refractivity contribution in [2.75, 3.05) is 0 Å². The van der Waals surface area contributed by atoms with E-state index in [-0.39, 0.29) is 11.5 Å². The van der Waals surface area contributed by atoms with Gasteiger partial charge in [0.1, 0.15) is 11.3 Å². The maximum Gasteiger partial charge on any atom is 0.408 e. The number of benzene rings is 3. The van der Waals surface area contributed by atoms with E-state index in [0.29, 0.717) is 24.4 Å². The second-order valence-electron chi connectivity index (χ2n) is 9.52. The summed E-state index contributed by atoms with van der Waals surface area (Å²) in [6, 6.07) is 27.8. The van der Waals surface area contributed by atoms with Crippen LogP contribution in [0.4, 0.5) is 4.79 Å². The molecule has 0 bridgehead atoms. The van der Waals surface area contributed by atoms with Crippen molar-refractivity contribution in [1.82, 2.24) is 10.3 Å². The van der Waals surface area contributed by atoms with Crippen molar-refractivity contribution in [2.24, 2.45) is 0 Å². The molecule has 0 spiro atoms. The normalized spacial score (nSPS) is 12.1. The summed E-state index contributed by atoms with van der Waals surface area (Å²) in [4.78, 5) is 31.2. The number of nitrogens with zero attached hydrogens (tertiary/aromatic N) is 1. The van der Waals surface area contributed by atoms with Crippen molar-refractivity contribution in [3.05, 3.63) is 102 Å². The van der Waals surface area contributed by atoms with Gasteiger partial charge in [-0.15, -0.1) is 0 Å². The van der Waals surface area contributed by atoms with Crippen LogP contribution in [0.25, 0.3) is 22.7 Å². The molecule has 3 aromatic carbocycles. The molecule has 4 aromatic rings. The van der Waals surface area contributed by atoms with E-state index in [1.807, 2.05) is 91.0 Å². The minimum Gasteiger partial charge on any atom is -0.444 e. The third kappa shape index (κ3) is 6.48. The van der Waals surface area contributed by atoms with E-state index < -0.39 is 17.7 Å². The van der Waals surface area contributed by atoms with Gasteiger partial charge in [-0.1, -0.05) is 78.9 Å². The molecule has 0 saturated carbocycles. The van der Waals surface area contributed by atoms with Gasteiger partial charge < -0.3 is 14.5 Å². The summed E-state index contributed by atoms with van der Waals surface area (Å²) in [6.07, 6.45) is 0.309. The molecular formula is C30H30N2O4. The summed E-state index contributed by atoms with van der Waals surface area (Å²) in [6.45, 7) is 5.34. The molecular weight excluding hydrogens is 452 g/mol. The fraction of sp³-hybridized carbons (Fsp3) is 0.233. The molecule has 1 amide bonds. The highest BCUT2D eigenvalue weighted by molar-refractivity contribution is 6.04. The number of hydrogen-bond acceptors (Lipinski definition) is 5. The van der Waals surface area contributed by atoms with Crippen molar-refractivity contribution >= 4 is 11.9 Å². The first-order chi connectivity index (χ1) is 17.3. The van der Waals surface area contributed by atoms with Gasteiger partial charge in [-0.05, 0) is 51.3 Å². The van der Waals surface area contributed by atoms with Crippen molar-refractivity contribution in [1.29, 1.82) is 0 Å². The fourth-order valence-electron chi connectivity index (χ4n) is 3.82. The van der Waals surface area contributed by atoms with Gasteiger partial charge in [-0.25, -0.2) is 9.78 Å². The predicted molar refractivity (Wildman–Crippen MR) is 140 cm³/mol. The van der Waals surface area contributed by atoms with E-state index in [2.05, 4.69) is 10.3 Å². The van der Waals surface area contributed by atoms with E-state index in [1.165, 1.54) is 0 Å². The van der Waals surface area contributed by atoms with Gasteiger partial charge in [-0.3, -0.25) is 4.79 Å². The number of hydrogen-bond donors (Lipinski definition) is 1. The monoisotopic (exact) mass is 482 g/mol. The Kier molecular flexibility index (Phi) is 7.64. The van der Waals surface area contributed by atoms with E-state index in [1.54, 1.807) is 20.8 Å². The van der Waals surface area contributed by atoms with Gasteiger partial charge in [0, 0.05) is 11.1 Å². The largest absolute Gasteiger partial charge is 0.444 e. The van der Waals surface area contributed by atoms with E-state index in [0.717, 1.165) is 16.7 Å². The van der Waals surface area contributed by atoms with E-state index >= 15 is 0 Å². The number of nitrogens with one attached hydrogen (secondary N) is 1. The number of oxazole rings is 1. The molecule has 0 radical (unpaired) electrons. The molecule has 0 aliphatic rings. The first-order valence-corrected chi connectivity index (χ1v) is 12.0. The van der Waals surface area contributed by atoms with Gasteiger partial charge in [0.2, 0.25) is 17.4 Å². The minimum atomic E-state index is -0.862. The Hall–Kier alpha value is -4.19. The average molecular weight is 483 g/mol. The van der Waals surface area contributed by atoms with Crippen LogP contribution in [-0.4, -0.2) is 28.5 Å². The average Bonchev–Trinajstić information content (AvgIpc) is 3.32. The molecule has 4 rings (SSSR count). The summed E-state index contributed by atoms with van der Waals surface area (Å²) in [5, 5.41) is 2.77. The van der Waals surface area contributed by atoms with E-state index in [4.69, 9.17) is 9.15 Å². The number of aromatic nitrogens is 1. The zero-order valence-electron chi connectivity index (χ0n) is 20.7. The molecule has 6 nitrogen and oxygen atoms in total. The molecule has 0 aliphatic heterocycles. The van der Waals surface area contributed by atoms with Gasteiger partial charge in [0.05, 0.1) is 6.04 Å². The van der Waals surface area contributed by atoms with Crippen LogP contribution in [-0.2, 0) is 11.2 Å². The molecule has 36 heavy (non-hydrogen) atoms. The first-order valence-electron chi connectivity index (χ1n) is 12.0. The number of aryl methyl sites for hydroxylation is 1. The Balaban J connectivity index is 1.70. The lowest BCUT2D eigenvalue weighted by molar-refractivity contribution is 0.0486. The number of ether oxygens (including phenoxy) is 1. The highest BCUT2D eigenvalue weighted by atomic mass is 16.6. The molecule has 6 heteroatoms. The van der Waals surface area contributed by atoms with Crippen LogP contribution in [0.5, 0.6) is 0 Å². The Morgan fingerprint density at radius 2 is 1.42 bits per heavy atom. The Morgan fingerprint density at radius 3 is 2.00 bits per heavy atom. The number of ketones is 1. The number of carbonyl (C=O) groups excluding carboxylic acids is 2. The Labute approximate surface area is 211 Å². The smallest absolute Gasteiger partial charge is 0.408 e. The summed E-state index contributed by atoms with van der Waals surface area (Å²) in [5.74, 6) is 0.0939. The van der Waals surface area contributed by atoms with Gasteiger partial charge in [0.15, 0.2) is 0 Å². The molecule has 1 N–H and O–H groups in total. The van der Waals surface area contributed by atoms with Crippen molar-refractivity contribution in [2.45, 2.75) is 45.3 Å². The number of Topliss-reactive ketones (excluding diaryl/α,β-unsaturated/α-hetero) is 1. The second-order valence-corrected chi connectivity index (χ2v) is 9.52. The van der Waals surface area contributed by atoms with Crippen LogP contribution in [0.15, 0.2) is 95.4 Å². The molecule has 1 heterocycles. The lowest BCUT2D eigenvalue weighted by Gasteiger charge is -2.23. The molecule has 1 aromatic heterocycles. The van der Waals surface area contributed by atoms with Gasteiger partial charge >= 0.3 is 6.09 Å². The SMILES string of the molecule is CC(C)(C)OC(=O)NC(CCc1ccccc1)C(=O)c1oc(-c2ccccc2)nc1-c1ccccc1. The summed E-state index contributed by atoms with van der Waals surface area (Å²) in [5.41, 5.74) is 2.32. The number of rotatable bonds is 8. The number of alkyl carbamates (subject to hydrolysis) is 1. The number of amides is 1. The maximum absolute atomic E-state index is 13.9. The van der Waals surface area contributed by atoms with Crippen LogP contribution >= 0.6 is 0 Å². The summed E-state index contributed by atoms with van der Waals surface area (Å²) in [7, 11) is 0. The van der Waals surface area contributed by atoms with E-state index in [9.17, 15) is 9.59 Å². The predicted octanol–water partition coefficient (Wildman–Crippen LogP) is 6.72. The van der Waals surface area contributed by atoms with Crippen LogP contribution < -0.4 is 5.32 Å². The van der Waals surface area contributed by atoms with Crippen molar-refractivity contribution in [3.8, 4) is 22.7 Å². The standard InChI is InChI=1S/C30H30N2O4/c1-30(2,3)36-29(34)31-24(20-19-21-13-7-4-8-14-21)26(33)27-25(22-15-9-5-10-16-22)32-28(35-27)23-17-11-6-12-18-23/h4-18,24H,19-20H2,1-3H3,(H,31,34). The second kappa shape index (κ2) is 11.0. The van der Waals surface area contributed by atoms with Crippen molar-refractivity contribution in [3.63, 3.8) is 0 Å². The van der Waals surface area contributed by atoms with Crippen LogP contribution in [0.1, 0.15) is 43.3 Å². The maximum atomic E-state index is 13.9. The molecule has 184 valence electrons. The molecule has 0 saturated heterocycles. The lowest BCUT2D eigenvalue weighted by atomic mass is 9.99. The third-order valence-electron chi connectivity index (χ3n) is 5.49. The topological polar surface area (TPSA) is 81.4 Å². The lowest BCUT2D eigenvalue weighted by Crippen LogP contribution is -2.43. The summed E-state index contributed by atoms with van der Waals surface area (Å²) < 4.78 is 11.5. The number of carbonyl (C=O) groups is 2. The fourth-order valence-corrected chi connectivity index (χ4v) is 3.82. The van der Waals surface area contributed by atoms with Crippen LogP contribution in [0.2, 0.25) is 0 Å². The van der Waals surface area contributed by atoms with Crippen LogP contribution in [0, 0.1) is 0 Å². The molecule has 1 atom stereocenters. The zero-order chi connectivity index (χ0) is 25.5. The summed E-state index contributed by atoms with van der Waals surface area (Å²) >= 11 is 0. The first kappa shape index (κ1) is 24.9. The van der Waals surface area contributed by atoms with Gasteiger partial charge in [0.25, 0.3) is 0 Å². The molecule has 1 unspecified atom stereocenters. The highest BCUT2D eigenvalue weighted by Crippen LogP contribution is 2.30. The Morgan fingerprint density at radius 1 is 0.861 bits per heavy atom. The zero-order valence-corrected chi connectivity index (χ0v) is 20.7. The van der Waals surface area contributed by atoms with Gasteiger partial charge in [-0.2, -0.15) is 0 Å². The molecule has 0 fully saturated rings.